The standard InChI is InChI=1S/C11H13N3/c1-11(6-3-7-11)8-4-2-5-9-10(8)13-14-12-9/h2,4-5H,3,6-7H2,1H3,(H,12,13,14). The Balaban J connectivity index is 2.24. The van der Waals surface area contributed by atoms with E-state index in [1.807, 2.05) is 6.07 Å². The third-order valence-electron chi connectivity index (χ3n) is 3.45. The Labute approximate surface area is 82.5 Å². The minimum Gasteiger partial charge on any atom is -0.197 e. The highest BCUT2D eigenvalue weighted by atomic mass is 15.3. The largest absolute Gasteiger partial charge is 0.197 e. The lowest BCUT2D eigenvalue weighted by molar-refractivity contribution is 0.274. The van der Waals surface area contributed by atoms with Gasteiger partial charge in [-0.1, -0.05) is 25.5 Å². The van der Waals surface area contributed by atoms with E-state index in [9.17, 15) is 0 Å². The summed E-state index contributed by atoms with van der Waals surface area (Å²) in [5, 5.41) is 11.0. The fraction of sp³-hybridized carbons (Fsp3) is 0.455. The SMILES string of the molecule is CC1(c2cccc3n[nH]nc23)CCC1. The number of para-hydroxylation sites is 1. The molecule has 1 aromatic carbocycles. The van der Waals surface area contributed by atoms with Gasteiger partial charge in [0.05, 0.1) is 0 Å². The maximum absolute atomic E-state index is 4.23. The number of hydrogen-bond donors (Lipinski definition) is 1. The van der Waals surface area contributed by atoms with E-state index in [0.29, 0.717) is 5.41 Å². The number of aromatic amines is 1. The number of nitrogens with zero attached hydrogens (tertiary/aromatic N) is 2. The molecule has 1 saturated carbocycles. The first-order valence-electron chi connectivity index (χ1n) is 5.10. The molecule has 72 valence electrons. The first-order valence-corrected chi connectivity index (χ1v) is 5.10. The summed E-state index contributed by atoms with van der Waals surface area (Å²) in [6, 6.07) is 6.26. The van der Waals surface area contributed by atoms with Crippen molar-refractivity contribution < 1.29 is 0 Å². The molecule has 1 heterocycles. The molecule has 0 radical (unpaired) electrons. The third-order valence-corrected chi connectivity index (χ3v) is 3.45. The van der Waals surface area contributed by atoms with Gasteiger partial charge in [0.1, 0.15) is 11.0 Å². The summed E-state index contributed by atoms with van der Waals surface area (Å²) in [6.45, 7) is 2.32. The summed E-state index contributed by atoms with van der Waals surface area (Å²) in [6.07, 6.45) is 3.89. The minimum atomic E-state index is 0.344. The van der Waals surface area contributed by atoms with Crippen LogP contribution in [0.3, 0.4) is 0 Å². The highest BCUT2D eigenvalue weighted by Gasteiger charge is 2.35. The topological polar surface area (TPSA) is 41.6 Å². The lowest BCUT2D eigenvalue weighted by Gasteiger charge is -2.38. The molecule has 3 nitrogen and oxygen atoms in total. The van der Waals surface area contributed by atoms with E-state index in [2.05, 4.69) is 34.5 Å². The van der Waals surface area contributed by atoms with Gasteiger partial charge < -0.3 is 0 Å². The van der Waals surface area contributed by atoms with Crippen molar-refractivity contribution in [2.75, 3.05) is 0 Å². The molecule has 0 amide bonds. The number of H-pyrrole nitrogens is 1. The number of benzene rings is 1. The summed E-state index contributed by atoms with van der Waals surface area (Å²) < 4.78 is 0. The maximum Gasteiger partial charge on any atom is 0.116 e. The summed E-state index contributed by atoms with van der Waals surface area (Å²) in [7, 11) is 0. The lowest BCUT2D eigenvalue weighted by Crippen LogP contribution is -2.30. The average molecular weight is 187 g/mol. The summed E-state index contributed by atoms with van der Waals surface area (Å²) in [4.78, 5) is 0. The van der Waals surface area contributed by atoms with Gasteiger partial charge in [0, 0.05) is 0 Å². The Morgan fingerprint density at radius 2 is 2.14 bits per heavy atom. The van der Waals surface area contributed by atoms with Crippen LogP contribution in [0.15, 0.2) is 18.2 Å². The van der Waals surface area contributed by atoms with Crippen molar-refractivity contribution in [3.05, 3.63) is 23.8 Å². The number of hydrogen-bond acceptors (Lipinski definition) is 2. The molecule has 1 aliphatic carbocycles. The monoisotopic (exact) mass is 187 g/mol. The van der Waals surface area contributed by atoms with E-state index >= 15 is 0 Å². The van der Waals surface area contributed by atoms with Gasteiger partial charge in [-0.25, -0.2) is 0 Å². The molecular weight excluding hydrogens is 174 g/mol. The minimum absolute atomic E-state index is 0.344. The van der Waals surface area contributed by atoms with Crippen molar-refractivity contribution in [1.29, 1.82) is 0 Å². The Kier molecular flexibility index (Phi) is 1.46. The molecule has 3 rings (SSSR count). The molecule has 0 saturated heterocycles. The molecule has 1 fully saturated rings. The number of fused-ring (bicyclic) bond motifs is 1. The van der Waals surface area contributed by atoms with Crippen LogP contribution in [0, 0.1) is 0 Å². The zero-order valence-electron chi connectivity index (χ0n) is 8.25. The molecule has 3 heteroatoms. The quantitative estimate of drug-likeness (QED) is 0.744. The predicted molar refractivity (Wildman–Crippen MR) is 55.1 cm³/mol. The van der Waals surface area contributed by atoms with Gasteiger partial charge in [-0.05, 0) is 29.9 Å². The van der Waals surface area contributed by atoms with Gasteiger partial charge in [0.2, 0.25) is 0 Å². The first kappa shape index (κ1) is 7.97. The summed E-state index contributed by atoms with van der Waals surface area (Å²) in [5.41, 5.74) is 3.73. The number of rotatable bonds is 1. The normalized spacial score (nSPS) is 19.5. The van der Waals surface area contributed by atoms with Crippen molar-refractivity contribution in [1.82, 2.24) is 15.4 Å². The van der Waals surface area contributed by atoms with Crippen LogP contribution in [-0.4, -0.2) is 15.4 Å². The van der Waals surface area contributed by atoms with Crippen molar-refractivity contribution >= 4 is 11.0 Å². The Hall–Kier alpha value is -1.38. The van der Waals surface area contributed by atoms with E-state index in [1.54, 1.807) is 0 Å². The van der Waals surface area contributed by atoms with Crippen molar-refractivity contribution in [2.45, 2.75) is 31.6 Å². The van der Waals surface area contributed by atoms with Crippen molar-refractivity contribution in [3.63, 3.8) is 0 Å². The number of aromatic nitrogens is 3. The van der Waals surface area contributed by atoms with Crippen LogP contribution in [0.5, 0.6) is 0 Å². The fourth-order valence-electron chi connectivity index (χ4n) is 2.33. The van der Waals surface area contributed by atoms with E-state index in [1.165, 1.54) is 24.8 Å². The Bertz CT molecular complexity index is 468. The van der Waals surface area contributed by atoms with Gasteiger partial charge in [-0.15, -0.1) is 0 Å². The van der Waals surface area contributed by atoms with E-state index < -0.39 is 0 Å². The Morgan fingerprint density at radius 1 is 1.29 bits per heavy atom. The smallest absolute Gasteiger partial charge is 0.116 e. The molecule has 1 aromatic heterocycles. The molecular formula is C11H13N3. The second-order valence-corrected chi connectivity index (χ2v) is 4.41. The molecule has 0 spiro atoms. The molecule has 0 atom stereocenters. The average Bonchev–Trinajstić information content (AvgIpc) is 2.61. The van der Waals surface area contributed by atoms with Crippen LogP contribution in [0.25, 0.3) is 11.0 Å². The lowest BCUT2D eigenvalue weighted by atomic mass is 9.66. The van der Waals surface area contributed by atoms with Crippen LogP contribution in [0.4, 0.5) is 0 Å². The van der Waals surface area contributed by atoms with E-state index in [4.69, 9.17) is 0 Å². The van der Waals surface area contributed by atoms with Gasteiger partial charge in [-0.2, -0.15) is 15.4 Å². The Morgan fingerprint density at radius 3 is 2.86 bits per heavy atom. The molecule has 2 aromatic rings. The van der Waals surface area contributed by atoms with Crippen LogP contribution >= 0.6 is 0 Å². The van der Waals surface area contributed by atoms with Gasteiger partial charge in [0.15, 0.2) is 0 Å². The molecule has 14 heavy (non-hydrogen) atoms. The molecule has 0 bridgehead atoms. The second-order valence-electron chi connectivity index (χ2n) is 4.41. The van der Waals surface area contributed by atoms with Crippen molar-refractivity contribution in [3.8, 4) is 0 Å². The van der Waals surface area contributed by atoms with Crippen LogP contribution in [0.1, 0.15) is 31.7 Å². The first-order chi connectivity index (χ1) is 6.80. The maximum atomic E-state index is 4.23. The molecule has 0 unspecified atom stereocenters. The van der Waals surface area contributed by atoms with Crippen LogP contribution in [-0.2, 0) is 5.41 Å². The summed E-state index contributed by atoms with van der Waals surface area (Å²) >= 11 is 0. The summed E-state index contributed by atoms with van der Waals surface area (Å²) in [5.74, 6) is 0. The molecule has 1 N–H and O–H groups in total. The van der Waals surface area contributed by atoms with Crippen LogP contribution in [0.2, 0.25) is 0 Å². The zero-order valence-corrected chi connectivity index (χ0v) is 8.25. The second kappa shape index (κ2) is 2.56. The van der Waals surface area contributed by atoms with Crippen molar-refractivity contribution in [2.24, 2.45) is 0 Å². The highest BCUT2D eigenvalue weighted by Crippen LogP contribution is 2.44. The predicted octanol–water partition coefficient (Wildman–Crippen LogP) is 2.40. The van der Waals surface area contributed by atoms with Crippen LogP contribution < -0.4 is 0 Å². The highest BCUT2D eigenvalue weighted by molar-refractivity contribution is 5.78. The van der Waals surface area contributed by atoms with Gasteiger partial charge in [-0.3, -0.25) is 0 Å². The van der Waals surface area contributed by atoms with Gasteiger partial charge >= 0.3 is 0 Å². The van der Waals surface area contributed by atoms with E-state index in [-0.39, 0.29) is 0 Å². The zero-order chi connectivity index (χ0) is 9.60. The fourth-order valence-corrected chi connectivity index (χ4v) is 2.33. The molecule has 0 aliphatic heterocycles. The third kappa shape index (κ3) is 0.924. The van der Waals surface area contributed by atoms with E-state index in [0.717, 1.165) is 11.0 Å². The molecule has 1 aliphatic rings. The van der Waals surface area contributed by atoms with Gasteiger partial charge in [0.25, 0.3) is 0 Å². The number of nitrogens with one attached hydrogen (secondary N) is 1.